The number of hydrogen-bond acceptors (Lipinski definition) is 6. The highest BCUT2D eigenvalue weighted by molar-refractivity contribution is 7.99. The number of hydrogen-bond donors (Lipinski definition) is 1. The Balaban J connectivity index is 1.91. The van der Waals surface area contributed by atoms with E-state index in [1.54, 1.807) is 0 Å². The van der Waals surface area contributed by atoms with Crippen molar-refractivity contribution in [3.8, 4) is 6.01 Å². The Morgan fingerprint density at radius 2 is 2.12 bits per heavy atom. The highest BCUT2D eigenvalue weighted by atomic mass is 35.5. The highest BCUT2D eigenvalue weighted by Crippen LogP contribution is 2.22. The molecule has 7 heteroatoms. The lowest BCUT2D eigenvalue weighted by Gasteiger charge is -2.21. The van der Waals surface area contributed by atoms with Crippen molar-refractivity contribution >= 4 is 29.3 Å². The van der Waals surface area contributed by atoms with Gasteiger partial charge < -0.3 is 10.1 Å². The molecule has 0 atom stereocenters. The van der Waals surface area contributed by atoms with E-state index in [0.29, 0.717) is 11.9 Å². The molecule has 1 aliphatic heterocycles. The number of aromatic nitrogens is 3. The van der Waals surface area contributed by atoms with E-state index >= 15 is 0 Å². The maximum absolute atomic E-state index is 5.76. The second-order valence-corrected chi connectivity index (χ2v) is 5.41. The van der Waals surface area contributed by atoms with Crippen LogP contribution in [0.1, 0.15) is 12.8 Å². The number of halogens is 1. The monoisotopic (exact) mass is 274 g/mol. The molecule has 5 nitrogen and oxygen atoms in total. The second-order valence-electron chi connectivity index (χ2n) is 3.85. The predicted octanol–water partition coefficient (Wildman–Crippen LogP) is 2.09. The average Bonchev–Trinajstić information content (AvgIpc) is 2.37. The quantitative estimate of drug-likeness (QED) is 0.907. The first kappa shape index (κ1) is 12.7. The van der Waals surface area contributed by atoms with Crippen molar-refractivity contribution in [2.75, 3.05) is 30.5 Å². The van der Waals surface area contributed by atoms with Crippen molar-refractivity contribution in [1.29, 1.82) is 0 Å². The van der Waals surface area contributed by atoms with Gasteiger partial charge in [-0.1, -0.05) is 0 Å². The molecule has 0 unspecified atom stereocenters. The Hall–Kier alpha value is -0.750. The molecule has 2 rings (SSSR count). The van der Waals surface area contributed by atoms with Gasteiger partial charge in [-0.3, -0.25) is 0 Å². The van der Waals surface area contributed by atoms with Gasteiger partial charge in [0.1, 0.15) is 0 Å². The van der Waals surface area contributed by atoms with Crippen LogP contribution in [-0.2, 0) is 0 Å². The van der Waals surface area contributed by atoms with Gasteiger partial charge in [0.15, 0.2) is 0 Å². The molecule has 17 heavy (non-hydrogen) atoms. The number of ether oxygens (including phenoxy) is 1. The first-order valence-corrected chi connectivity index (χ1v) is 7.08. The lowest BCUT2D eigenvalue weighted by Crippen LogP contribution is -2.20. The summed E-state index contributed by atoms with van der Waals surface area (Å²) in [7, 11) is 1.51. The van der Waals surface area contributed by atoms with Crippen LogP contribution in [-0.4, -0.2) is 40.1 Å². The molecule has 0 amide bonds. The molecule has 2 heterocycles. The van der Waals surface area contributed by atoms with Crippen LogP contribution in [0.4, 0.5) is 5.95 Å². The molecule has 94 valence electrons. The van der Waals surface area contributed by atoms with Crippen molar-refractivity contribution < 1.29 is 4.74 Å². The fourth-order valence-corrected chi connectivity index (χ4v) is 3.04. The minimum absolute atomic E-state index is 0.151. The fourth-order valence-electron chi connectivity index (χ4n) is 1.69. The maximum atomic E-state index is 5.76. The van der Waals surface area contributed by atoms with Gasteiger partial charge in [0.25, 0.3) is 0 Å². The zero-order chi connectivity index (χ0) is 12.1. The number of nitrogens with one attached hydrogen (secondary N) is 1. The fraction of sp³-hybridized carbons (Fsp3) is 0.700. The van der Waals surface area contributed by atoms with E-state index in [4.69, 9.17) is 16.3 Å². The molecule has 1 aliphatic rings. The topological polar surface area (TPSA) is 59.9 Å². The highest BCUT2D eigenvalue weighted by Gasteiger charge is 2.14. The SMILES string of the molecule is COc1nc(Cl)nc(NCC2CCSCC2)n1. The minimum atomic E-state index is 0.151. The Labute approximate surface area is 110 Å². The summed E-state index contributed by atoms with van der Waals surface area (Å²) in [5.41, 5.74) is 0. The normalized spacial score (nSPS) is 16.8. The maximum Gasteiger partial charge on any atom is 0.322 e. The summed E-state index contributed by atoms with van der Waals surface area (Å²) in [6.45, 7) is 0.879. The second kappa shape index (κ2) is 6.26. The Bertz CT molecular complexity index is 373. The summed E-state index contributed by atoms with van der Waals surface area (Å²) in [4.78, 5) is 11.9. The molecule has 0 saturated carbocycles. The van der Waals surface area contributed by atoms with Crippen molar-refractivity contribution in [3.63, 3.8) is 0 Å². The molecule has 0 radical (unpaired) electrons. The molecule has 1 fully saturated rings. The van der Waals surface area contributed by atoms with Crippen molar-refractivity contribution in [2.24, 2.45) is 5.92 Å². The number of anilines is 1. The first-order chi connectivity index (χ1) is 8.28. The molecular formula is C10H15ClN4OS. The zero-order valence-electron chi connectivity index (χ0n) is 9.65. The summed E-state index contributed by atoms with van der Waals surface area (Å²) in [5.74, 6) is 3.67. The van der Waals surface area contributed by atoms with Crippen LogP contribution in [0.3, 0.4) is 0 Å². The van der Waals surface area contributed by atoms with E-state index in [2.05, 4.69) is 20.3 Å². The van der Waals surface area contributed by atoms with Gasteiger partial charge >= 0.3 is 6.01 Å². The van der Waals surface area contributed by atoms with E-state index in [1.807, 2.05) is 11.8 Å². The van der Waals surface area contributed by atoms with E-state index in [-0.39, 0.29) is 11.3 Å². The van der Waals surface area contributed by atoms with Gasteiger partial charge in [-0.2, -0.15) is 26.7 Å². The van der Waals surface area contributed by atoms with E-state index in [0.717, 1.165) is 6.54 Å². The van der Waals surface area contributed by atoms with Crippen LogP contribution in [0.5, 0.6) is 6.01 Å². The molecule has 1 saturated heterocycles. The molecule has 0 aliphatic carbocycles. The molecular weight excluding hydrogens is 260 g/mol. The van der Waals surface area contributed by atoms with Crippen molar-refractivity contribution in [2.45, 2.75) is 12.8 Å². The molecule has 1 N–H and O–H groups in total. The van der Waals surface area contributed by atoms with Gasteiger partial charge in [-0.25, -0.2) is 0 Å². The summed E-state index contributed by atoms with van der Waals surface area (Å²) >= 11 is 7.78. The Morgan fingerprint density at radius 3 is 2.82 bits per heavy atom. The standard InChI is InChI=1S/C10H15ClN4OS/c1-16-10-14-8(11)13-9(15-10)12-6-7-2-4-17-5-3-7/h7H,2-6H2,1H3,(H,12,13,14,15). The molecule has 1 aromatic rings. The number of nitrogens with zero attached hydrogens (tertiary/aromatic N) is 3. The van der Waals surface area contributed by atoms with Crippen LogP contribution in [0.25, 0.3) is 0 Å². The van der Waals surface area contributed by atoms with Crippen molar-refractivity contribution in [3.05, 3.63) is 5.28 Å². The third-order valence-corrected chi connectivity index (χ3v) is 3.88. The summed E-state index contributed by atoms with van der Waals surface area (Å²) in [5, 5.41) is 3.35. The van der Waals surface area contributed by atoms with Gasteiger partial charge in [0, 0.05) is 6.54 Å². The van der Waals surface area contributed by atoms with Gasteiger partial charge in [-0.15, -0.1) is 0 Å². The van der Waals surface area contributed by atoms with Crippen LogP contribution >= 0.6 is 23.4 Å². The summed E-state index contributed by atoms with van der Waals surface area (Å²) < 4.78 is 4.94. The largest absolute Gasteiger partial charge is 0.467 e. The number of rotatable bonds is 4. The lowest BCUT2D eigenvalue weighted by molar-refractivity contribution is 0.378. The third-order valence-electron chi connectivity index (χ3n) is 2.66. The van der Waals surface area contributed by atoms with Crippen LogP contribution in [0, 0.1) is 5.92 Å². The predicted molar refractivity (Wildman–Crippen MR) is 69.9 cm³/mol. The van der Waals surface area contributed by atoms with Gasteiger partial charge in [0.05, 0.1) is 7.11 Å². The van der Waals surface area contributed by atoms with E-state index in [1.165, 1.54) is 31.5 Å². The zero-order valence-corrected chi connectivity index (χ0v) is 11.2. The average molecular weight is 275 g/mol. The first-order valence-electron chi connectivity index (χ1n) is 5.55. The van der Waals surface area contributed by atoms with Crippen LogP contribution < -0.4 is 10.1 Å². The lowest BCUT2D eigenvalue weighted by atomic mass is 10.0. The van der Waals surface area contributed by atoms with Gasteiger partial charge in [-0.05, 0) is 41.9 Å². The molecule has 1 aromatic heterocycles. The van der Waals surface area contributed by atoms with E-state index < -0.39 is 0 Å². The Kier molecular flexibility index (Phi) is 4.67. The smallest absolute Gasteiger partial charge is 0.322 e. The number of thioether (sulfide) groups is 1. The molecule has 0 bridgehead atoms. The third kappa shape index (κ3) is 3.89. The van der Waals surface area contributed by atoms with Crippen LogP contribution in [0.15, 0.2) is 0 Å². The van der Waals surface area contributed by atoms with Crippen molar-refractivity contribution in [1.82, 2.24) is 15.0 Å². The van der Waals surface area contributed by atoms with Crippen LogP contribution in [0.2, 0.25) is 5.28 Å². The Morgan fingerprint density at radius 1 is 1.35 bits per heavy atom. The molecule has 0 spiro atoms. The number of methoxy groups -OCH3 is 1. The summed E-state index contributed by atoms with van der Waals surface area (Å²) in [6, 6.07) is 0.242. The summed E-state index contributed by atoms with van der Waals surface area (Å²) in [6.07, 6.45) is 2.49. The van der Waals surface area contributed by atoms with Gasteiger partial charge in [0.2, 0.25) is 11.2 Å². The minimum Gasteiger partial charge on any atom is -0.467 e. The van der Waals surface area contributed by atoms with E-state index in [9.17, 15) is 0 Å². The molecule has 0 aromatic carbocycles.